The highest BCUT2D eigenvalue weighted by Gasteiger charge is 2.48. The summed E-state index contributed by atoms with van der Waals surface area (Å²) in [5.41, 5.74) is 1.87. The summed E-state index contributed by atoms with van der Waals surface area (Å²) < 4.78 is 27.0. The number of piperidine rings is 1. The fourth-order valence-electron chi connectivity index (χ4n) is 3.65. The normalized spacial score (nSPS) is 21.3. The molecule has 1 fully saturated rings. The lowest BCUT2D eigenvalue weighted by molar-refractivity contribution is -0.124. The number of carbonyl (C=O) groups excluding carboxylic acids is 1. The maximum atomic E-state index is 13.8. The molecule has 0 unspecified atom stereocenters. The summed E-state index contributed by atoms with van der Waals surface area (Å²) in [4.78, 5) is 12.6. The Morgan fingerprint density at radius 2 is 1.26 bits per heavy atom. The van der Waals surface area contributed by atoms with Crippen LogP contribution in [0.3, 0.4) is 0 Å². The van der Waals surface area contributed by atoms with Gasteiger partial charge in [-0.25, -0.2) is 4.57 Å². The van der Waals surface area contributed by atoms with Crippen molar-refractivity contribution in [3.05, 3.63) is 71.8 Å². The lowest BCUT2D eigenvalue weighted by Crippen LogP contribution is -2.38. The summed E-state index contributed by atoms with van der Waals surface area (Å²) in [6.07, 6.45) is 0.578. The molecule has 0 radical (unpaired) electrons. The van der Waals surface area contributed by atoms with Gasteiger partial charge >= 0.3 is 7.75 Å². The van der Waals surface area contributed by atoms with E-state index in [1.807, 2.05) is 65.3 Å². The third-order valence-corrected chi connectivity index (χ3v) is 7.01. The van der Waals surface area contributed by atoms with Gasteiger partial charge in [0.2, 0.25) is 0 Å². The minimum Gasteiger partial charge on any atom is -0.300 e. The molecule has 0 saturated carbocycles. The zero-order chi connectivity index (χ0) is 19.3. The van der Waals surface area contributed by atoms with Crippen molar-refractivity contribution in [2.24, 2.45) is 0 Å². The fourth-order valence-corrected chi connectivity index (χ4v) is 5.76. The van der Waals surface area contributed by atoms with E-state index < -0.39 is 7.75 Å². The summed E-state index contributed by atoms with van der Waals surface area (Å²) in [5.74, 6) is 0.147. The molecule has 0 aliphatic carbocycles. The molecule has 1 heterocycles. The molecule has 1 aliphatic rings. The Labute approximate surface area is 160 Å². The molecule has 3 rings (SSSR count). The molecule has 27 heavy (non-hydrogen) atoms. The zero-order valence-electron chi connectivity index (χ0n) is 15.8. The molecule has 1 saturated heterocycles. The average molecular weight is 387 g/mol. The van der Waals surface area contributed by atoms with Crippen LogP contribution >= 0.6 is 7.75 Å². The van der Waals surface area contributed by atoms with Gasteiger partial charge in [-0.3, -0.25) is 13.8 Å². The van der Waals surface area contributed by atoms with E-state index in [0.717, 1.165) is 11.1 Å². The van der Waals surface area contributed by atoms with Crippen LogP contribution in [-0.2, 0) is 18.4 Å². The Balaban J connectivity index is 2.13. The van der Waals surface area contributed by atoms with Crippen molar-refractivity contribution in [2.75, 3.05) is 13.2 Å². The van der Waals surface area contributed by atoms with Crippen molar-refractivity contribution in [2.45, 2.75) is 38.8 Å². The molecular formula is C21H26NO4P. The Morgan fingerprint density at radius 1 is 0.852 bits per heavy atom. The summed E-state index contributed by atoms with van der Waals surface area (Å²) in [7, 11) is -3.58. The first-order chi connectivity index (χ1) is 13.1. The van der Waals surface area contributed by atoms with E-state index in [4.69, 9.17) is 9.05 Å². The first-order valence-corrected chi connectivity index (χ1v) is 10.9. The summed E-state index contributed by atoms with van der Waals surface area (Å²) >= 11 is 0. The first-order valence-electron chi connectivity index (χ1n) is 9.38. The van der Waals surface area contributed by atoms with E-state index in [1.165, 1.54) is 0 Å². The van der Waals surface area contributed by atoms with Gasteiger partial charge in [-0.2, -0.15) is 4.67 Å². The number of nitrogens with zero attached hydrogens (tertiary/aromatic N) is 1. The first kappa shape index (κ1) is 20.0. The molecule has 6 heteroatoms. The maximum absolute atomic E-state index is 13.8. The maximum Gasteiger partial charge on any atom is 0.409 e. The van der Waals surface area contributed by atoms with Gasteiger partial charge in [0.15, 0.2) is 0 Å². The summed E-state index contributed by atoms with van der Waals surface area (Å²) in [5, 5.41) is 0. The van der Waals surface area contributed by atoms with Crippen molar-refractivity contribution in [3.8, 4) is 0 Å². The largest absolute Gasteiger partial charge is 0.409 e. The number of Topliss-reactive ketones (excluding diaryl/α,β-unsaturated/α-hetero) is 1. The molecular weight excluding hydrogens is 361 g/mol. The van der Waals surface area contributed by atoms with Crippen LogP contribution in [0, 0.1) is 0 Å². The van der Waals surface area contributed by atoms with Gasteiger partial charge < -0.3 is 0 Å². The summed E-state index contributed by atoms with van der Waals surface area (Å²) in [6.45, 7) is 4.14. The molecule has 0 bridgehead atoms. The Hall–Kier alpha value is -1.78. The van der Waals surface area contributed by atoms with Gasteiger partial charge in [0, 0.05) is 12.8 Å². The van der Waals surface area contributed by atoms with Crippen LogP contribution in [0.4, 0.5) is 0 Å². The third kappa shape index (κ3) is 4.39. The van der Waals surface area contributed by atoms with E-state index >= 15 is 0 Å². The van der Waals surface area contributed by atoms with E-state index in [0.29, 0.717) is 0 Å². The zero-order valence-corrected chi connectivity index (χ0v) is 16.7. The quantitative estimate of drug-likeness (QED) is 0.602. The second-order valence-electron chi connectivity index (χ2n) is 6.48. The second-order valence-corrected chi connectivity index (χ2v) is 8.40. The second kappa shape index (κ2) is 8.94. The predicted molar refractivity (Wildman–Crippen MR) is 105 cm³/mol. The van der Waals surface area contributed by atoms with E-state index in [2.05, 4.69) is 0 Å². The van der Waals surface area contributed by atoms with Crippen LogP contribution in [0.2, 0.25) is 0 Å². The van der Waals surface area contributed by atoms with Crippen molar-refractivity contribution in [3.63, 3.8) is 0 Å². The highest BCUT2D eigenvalue weighted by molar-refractivity contribution is 7.51. The van der Waals surface area contributed by atoms with Crippen molar-refractivity contribution < 1.29 is 18.4 Å². The molecule has 2 aromatic carbocycles. The summed E-state index contributed by atoms with van der Waals surface area (Å²) in [6, 6.07) is 18.7. The third-order valence-electron chi connectivity index (χ3n) is 4.72. The van der Waals surface area contributed by atoms with Crippen LogP contribution in [0.5, 0.6) is 0 Å². The number of hydrogen-bond acceptors (Lipinski definition) is 4. The molecule has 2 aromatic rings. The van der Waals surface area contributed by atoms with E-state index in [-0.39, 0.29) is 43.9 Å². The van der Waals surface area contributed by atoms with Crippen molar-refractivity contribution in [1.82, 2.24) is 4.67 Å². The number of carbonyl (C=O) groups is 1. The van der Waals surface area contributed by atoms with Gasteiger partial charge in [-0.1, -0.05) is 60.7 Å². The van der Waals surface area contributed by atoms with Gasteiger partial charge in [0.25, 0.3) is 0 Å². The molecule has 0 amide bonds. The van der Waals surface area contributed by atoms with E-state index in [9.17, 15) is 9.36 Å². The van der Waals surface area contributed by atoms with Gasteiger partial charge in [0.1, 0.15) is 5.78 Å². The number of hydrogen-bond donors (Lipinski definition) is 0. The highest BCUT2D eigenvalue weighted by Crippen LogP contribution is 2.62. The SMILES string of the molecule is CCOP(=O)(OCC)N1[C@@H](c2ccccc2)CC(=O)C[C@@H]1c1ccccc1. The van der Waals surface area contributed by atoms with E-state index in [1.54, 1.807) is 13.8 Å². The minimum absolute atomic E-state index is 0.147. The number of benzene rings is 2. The Bertz CT molecular complexity index is 735. The molecule has 144 valence electrons. The monoisotopic (exact) mass is 387 g/mol. The van der Waals surface area contributed by atoms with Crippen LogP contribution in [-0.4, -0.2) is 23.7 Å². The van der Waals surface area contributed by atoms with Crippen LogP contribution < -0.4 is 0 Å². The molecule has 0 spiro atoms. The smallest absolute Gasteiger partial charge is 0.300 e. The Kier molecular flexibility index (Phi) is 6.61. The predicted octanol–water partition coefficient (Wildman–Crippen LogP) is 5.32. The lowest BCUT2D eigenvalue weighted by atomic mass is 9.89. The van der Waals surface area contributed by atoms with Crippen molar-refractivity contribution >= 4 is 13.5 Å². The highest BCUT2D eigenvalue weighted by atomic mass is 31.2. The molecule has 1 aliphatic heterocycles. The van der Waals surface area contributed by atoms with Crippen LogP contribution in [0.1, 0.15) is 49.9 Å². The lowest BCUT2D eigenvalue weighted by Gasteiger charge is -2.44. The molecule has 2 atom stereocenters. The van der Waals surface area contributed by atoms with Gasteiger partial charge in [-0.05, 0) is 25.0 Å². The van der Waals surface area contributed by atoms with Crippen molar-refractivity contribution in [1.29, 1.82) is 0 Å². The van der Waals surface area contributed by atoms with Crippen LogP contribution in [0.15, 0.2) is 60.7 Å². The standard InChI is InChI=1S/C21H26NO4P/c1-3-25-27(24,26-4-2)22-20(17-11-7-5-8-12-17)15-19(23)16-21(22)18-13-9-6-10-14-18/h5-14,20-21H,3-4,15-16H2,1-2H3/t20-,21-/m1/s1. The number of ketones is 1. The molecule has 0 N–H and O–H groups in total. The van der Waals surface area contributed by atoms with Gasteiger partial charge in [0.05, 0.1) is 25.3 Å². The Morgan fingerprint density at radius 3 is 1.63 bits per heavy atom. The number of rotatable bonds is 7. The molecule has 5 nitrogen and oxygen atoms in total. The van der Waals surface area contributed by atoms with Gasteiger partial charge in [-0.15, -0.1) is 0 Å². The minimum atomic E-state index is -3.58. The topological polar surface area (TPSA) is 55.8 Å². The fraction of sp³-hybridized carbons (Fsp3) is 0.381. The van der Waals surface area contributed by atoms with Crippen LogP contribution in [0.25, 0.3) is 0 Å². The average Bonchev–Trinajstić information content (AvgIpc) is 2.69. The molecule has 0 aromatic heterocycles.